The van der Waals surface area contributed by atoms with Gasteiger partial charge >= 0.3 is 0 Å². The van der Waals surface area contributed by atoms with E-state index in [0.717, 1.165) is 56.3 Å². The number of halogens is 1. The maximum atomic E-state index is 12.5. The van der Waals surface area contributed by atoms with Gasteiger partial charge in [0, 0.05) is 43.5 Å². The minimum absolute atomic E-state index is 0.0662. The van der Waals surface area contributed by atoms with E-state index in [-0.39, 0.29) is 11.8 Å². The fourth-order valence-corrected chi connectivity index (χ4v) is 3.24. The van der Waals surface area contributed by atoms with Crippen molar-refractivity contribution in [2.75, 3.05) is 44.3 Å². The van der Waals surface area contributed by atoms with Crippen LogP contribution in [0.25, 0.3) is 0 Å². The van der Waals surface area contributed by atoms with Gasteiger partial charge in [-0.15, -0.1) is 0 Å². The van der Waals surface area contributed by atoms with Gasteiger partial charge in [0.25, 0.3) is 0 Å². The fraction of sp³-hybridized carbons (Fsp3) is 0.562. The summed E-state index contributed by atoms with van der Waals surface area (Å²) in [6, 6.07) is 7.90. The van der Waals surface area contributed by atoms with E-state index in [9.17, 15) is 4.79 Å². The molecule has 21 heavy (non-hydrogen) atoms. The molecule has 0 bridgehead atoms. The lowest BCUT2D eigenvalue weighted by Crippen LogP contribution is -2.51. The molecule has 114 valence electrons. The number of carbonyl (C=O) groups is 1. The topological polar surface area (TPSA) is 32.8 Å². The smallest absolute Gasteiger partial charge is 0.228 e. The molecule has 3 rings (SSSR count). The molecule has 2 fully saturated rings. The van der Waals surface area contributed by atoms with Crippen LogP contribution in [0.4, 0.5) is 5.69 Å². The van der Waals surface area contributed by atoms with Crippen LogP contribution >= 0.6 is 11.6 Å². The molecule has 2 aliphatic heterocycles. The van der Waals surface area contributed by atoms with E-state index in [1.807, 2.05) is 23.1 Å². The van der Waals surface area contributed by atoms with Gasteiger partial charge in [0.2, 0.25) is 5.91 Å². The summed E-state index contributed by atoms with van der Waals surface area (Å²) in [6.45, 7) is 4.67. The van der Waals surface area contributed by atoms with E-state index in [1.165, 1.54) is 0 Å². The molecule has 4 nitrogen and oxygen atoms in total. The van der Waals surface area contributed by atoms with Gasteiger partial charge in [-0.05, 0) is 31.0 Å². The average molecular weight is 309 g/mol. The molecule has 1 aromatic rings. The molecule has 2 heterocycles. The molecule has 0 N–H and O–H groups in total. The first-order valence-electron chi connectivity index (χ1n) is 7.61. The molecule has 1 aromatic carbocycles. The molecule has 2 aliphatic rings. The number of hydrogen-bond acceptors (Lipinski definition) is 3. The molecule has 0 aromatic heterocycles. The van der Waals surface area contributed by atoms with Gasteiger partial charge in [0.05, 0.1) is 12.5 Å². The molecule has 1 atom stereocenters. The minimum Gasteiger partial charge on any atom is -0.381 e. The Morgan fingerprint density at radius 3 is 2.71 bits per heavy atom. The summed E-state index contributed by atoms with van der Waals surface area (Å²) in [4.78, 5) is 16.7. The normalized spacial score (nSPS) is 23.2. The van der Waals surface area contributed by atoms with Gasteiger partial charge < -0.3 is 14.5 Å². The van der Waals surface area contributed by atoms with Crippen LogP contribution in [0, 0.1) is 5.92 Å². The van der Waals surface area contributed by atoms with Crippen LogP contribution in [0.3, 0.4) is 0 Å². The summed E-state index contributed by atoms with van der Waals surface area (Å²) < 4.78 is 5.43. The van der Waals surface area contributed by atoms with Crippen molar-refractivity contribution in [1.29, 1.82) is 0 Å². The number of nitrogens with zero attached hydrogens (tertiary/aromatic N) is 2. The Kier molecular flexibility index (Phi) is 4.66. The lowest BCUT2D eigenvalue weighted by atomic mass is 10.0. The Morgan fingerprint density at radius 1 is 1.24 bits per heavy atom. The van der Waals surface area contributed by atoms with Crippen molar-refractivity contribution in [2.24, 2.45) is 5.92 Å². The number of carbonyl (C=O) groups excluding carboxylic acids is 1. The second-order valence-electron chi connectivity index (χ2n) is 5.71. The summed E-state index contributed by atoms with van der Waals surface area (Å²) in [5, 5.41) is 0.755. The Balaban J connectivity index is 1.56. The van der Waals surface area contributed by atoms with Crippen molar-refractivity contribution in [3.05, 3.63) is 29.3 Å². The zero-order valence-electron chi connectivity index (χ0n) is 12.1. The van der Waals surface area contributed by atoms with Crippen LogP contribution in [0.15, 0.2) is 24.3 Å². The van der Waals surface area contributed by atoms with Crippen molar-refractivity contribution in [3.8, 4) is 0 Å². The van der Waals surface area contributed by atoms with E-state index in [4.69, 9.17) is 16.3 Å². The maximum Gasteiger partial charge on any atom is 0.228 e. The van der Waals surface area contributed by atoms with Crippen molar-refractivity contribution in [1.82, 2.24) is 4.90 Å². The number of hydrogen-bond donors (Lipinski definition) is 0. The minimum atomic E-state index is 0.0662. The van der Waals surface area contributed by atoms with Gasteiger partial charge in [-0.1, -0.05) is 17.7 Å². The first kappa shape index (κ1) is 14.7. The van der Waals surface area contributed by atoms with E-state index in [0.29, 0.717) is 6.61 Å². The molecule has 0 aliphatic carbocycles. The number of piperazine rings is 1. The molecule has 1 amide bonds. The molecule has 2 saturated heterocycles. The van der Waals surface area contributed by atoms with Crippen LogP contribution in [-0.2, 0) is 9.53 Å². The molecule has 0 spiro atoms. The Morgan fingerprint density at radius 2 is 2.05 bits per heavy atom. The van der Waals surface area contributed by atoms with E-state index >= 15 is 0 Å². The summed E-state index contributed by atoms with van der Waals surface area (Å²) in [5.74, 6) is 0.330. The number of ether oxygens (including phenoxy) is 1. The van der Waals surface area contributed by atoms with E-state index in [1.54, 1.807) is 0 Å². The van der Waals surface area contributed by atoms with Crippen molar-refractivity contribution in [2.45, 2.75) is 12.8 Å². The maximum absolute atomic E-state index is 12.5. The number of rotatable bonds is 2. The van der Waals surface area contributed by atoms with Crippen LogP contribution in [0.2, 0.25) is 5.02 Å². The average Bonchev–Trinajstić information content (AvgIpc) is 2.55. The quantitative estimate of drug-likeness (QED) is 0.841. The third kappa shape index (κ3) is 3.50. The highest BCUT2D eigenvalue weighted by Gasteiger charge is 2.28. The van der Waals surface area contributed by atoms with Gasteiger partial charge in [0.1, 0.15) is 0 Å². The zero-order chi connectivity index (χ0) is 14.7. The number of amides is 1. The molecule has 5 heteroatoms. The van der Waals surface area contributed by atoms with Crippen LogP contribution < -0.4 is 4.90 Å². The Bertz CT molecular complexity index is 495. The highest BCUT2D eigenvalue weighted by molar-refractivity contribution is 6.30. The third-order valence-corrected chi connectivity index (χ3v) is 4.51. The second kappa shape index (κ2) is 6.67. The SMILES string of the molecule is O=C(C1CCCOC1)N1CCN(c2cccc(Cl)c2)CC1. The Hall–Kier alpha value is -1.26. The van der Waals surface area contributed by atoms with Crippen molar-refractivity contribution in [3.63, 3.8) is 0 Å². The van der Waals surface area contributed by atoms with E-state index in [2.05, 4.69) is 11.0 Å². The first-order chi connectivity index (χ1) is 10.2. The summed E-state index contributed by atoms with van der Waals surface area (Å²) in [7, 11) is 0. The zero-order valence-corrected chi connectivity index (χ0v) is 12.9. The lowest BCUT2D eigenvalue weighted by molar-refractivity contribution is -0.140. The molecule has 1 unspecified atom stereocenters. The molecular weight excluding hydrogens is 288 g/mol. The predicted octanol–water partition coefficient (Wildman–Crippen LogP) is 2.42. The van der Waals surface area contributed by atoms with Crippen molar-refractivity contribution < 1.29 is 9.53 Å². The highest BCUT2D eigenvalue weighted by Crippen LogP contribution is 2.22. The monoisotopic (exact) mass is 308 g/mol. The summed E-state index contributed by atoms with van der Waals surface area (Å²) >= 11 is 6.04. The number of benzene rings is 1. The fourth-order valence-electron chi connectivity index (χ4n) is 3.05. The molecule has 0 saturated carbocycles. The summed E-state index contributed by atoms with van der Waals surface area (Å²) in [5.41, 5.74) is 1.13. The second-order valence-corrected chi connectivity index (χ2v) is 6.14. The standard InChI is InChI=1S/C16H21ClN2O2/c17-14-4-1-5-15(11-14)18-6-8-19(9-7-18)16(20)13-3-2-10-21-12-13/h1,4-5,11,13H,2-3,6-10,12H2. The van der Waals surface area contributed by atoms with Gasteiger partial charge in [0.15, 0.2) is 0 Å². The van der Waals surface area contributed by atoms with Crippen LogP contribution in [0.1, 0.15) is 12.8 Å². The molecule has 0 radical (unpaired) electrons. The van der Waals surface area contributed by atoms with Gasteiger partial charge in [-0.25, -0.2) is 0 Å². The third-order valence-electron chi connectivity index (χ3n) is 4.27. The summed E-state index contributed by atoms with van der Waals surface area (Å²) in [6.07, 6.45) is 1.96. The predicted molar refractivity (Wildman–Crippen MR) is 83.8 cm³/mol. The van der Waals surface area contributed by atoms with Crippen LogP contribution in [0.5, 0.6) is 0 Å². The molecular formula is C16H21ClN2O2. The van der Waals surface area contributed by atoms with Crippen molar-refractivity contribution >= 4 is 23.2 Å². The number of anilines is 1. The highest BCUT2D eigenvalue weighted by atomic mass is 35.5. The Labute approximate surface area is 130 Å². The van der Waals surface area contributed by atoms with Gasteiger partial charge in [-0.3, -0.25) is 4.79 Å². The first-order valence-corrected chi connectivity index (χ1v) is 7.99. The van der Waals surface area contributed by atoms with E-state index < -0.39 is 0 Å². The van der Waals surface area contributed by atoms with Gasteiger partial charge in [-0.2, -0.15) is 0 Å². The lowest BCUT2D eigenvalue weighted by Gasteiger charge is -2.38. The largest absolute Gasteiger partial charge is 0.381 e. The van der Waals surface area contributed by atoms with Crippen LogP contribution in [-0.4, -0.2) is 50.2 Å².